The van der Waals surface area contributed by atoms with Crippen molar-refractivity contribution in [2.45, 2.75) is 13.8 Å². The summed E-state index contributed by atoms with van der Waals surface area (Å²) in [5, 5.41) is 9.95. The molecule has 0 saturated carbocycles. The summed E-state index contributed by atoms with van der Waals surface area (Å²) in [5.41, 5.74) is 7.97. The second kappa shape index (κ2) is 5.11. The zero-order valence-corrected chi connectivity index (χ0v) is 11.9. The number of carbonyl (C=O) groups is 1. The van der Waals surface area contributed by atoms with Gasteiger partial charge in [-0.25, -0.2) is 0 Å². The first kappa shape index (κ1) is 13.7. The summed E-state index contributed by atoms with van der Waals surface area (Å²) < 4.78 is 0. The summed E-state index contributed by atoms with van der Waals surface area (Å²) in [5.74, 6) is 0.130. The molecule has 1 aromatic heterocycles. The molecule has 0 atom stereocenters. The lowest BCUT2D eigenvalue weighted by Gasteiger charge is -2.07. The SMILES string of the molecule is Cc1[nH]nc(NC(=O)c2cc(Cl)c(N)c(Cl)c2)c1C. The van der Waals surface area contributed by atoms with Crippen molar-refractivity contribution < 1.29 is 4.79 Å². The average molecular weight is 299 g/mol. The number of nitrogen functional groups attached to an aromatic ring is 1. The van der Waals surface area contributed by atoms with Gasteiger partial charge in [-0.3, -0.25) is 9.89 Å². The van der Waals surface area contributed by atoms with Gasteiger partial charge in [0.2, 0.25) is 0 Å². The molecule has 19 heavy (non-hydrogen) atoms. The van der Waals surface area contributed by atoms with Crippen molar-refractivity contribution in [3.05, 3.63) is 39.0 Å². The van der Waals surface area contributed by atoms with Crippen LogP contribution < -0.4 is 11.1 Å². The third-order valence-electron chi connectivity index (χ3n) is 2.83. The predicted molar refractivity (Wildman–Crippen MR) is 76.9 cm³/mol. The van der Waals surface area contributed by atoms with Crippen molar-refractivity contribution in [2.24, 2.45) is 0 Å². The predicted octanol–water partition coefficient (Wildman–Crippen LogP) is 3.17. The summed E-state index contributed by atoms with van der Waals surface area (Å²) in [4.78, 5) is 12.1. The van der Waals surface area contributed by atoms with Gasteiger partial charge in [0.05, 0.1) is 15.7 Å². The first-order chi connectivity index (χ1) is 8.90. The van der Waals surface area contributed by atoms with E-state index in [2.05, 4.69) is 15.5 Å². The number of nitrogens with zero attached hydrogens (tertiary/aromatic N) is 1. The number of hydrogen-bond donors (Lipinski definition) is 3. The Bertz CT molecular complexity index is 628. The molecule has 5 nitrogen and oxygen atoms in total. The maximum atomic E-state index is 12.1. The van der Waals surface area contributed by atoms with Gasteiger partial charge in [0.25, 0.3) is 5.91 Å². The first-order valence-corrected chi connectivity index (χ1v) is 6.23. The van der Waals surface area contributed by atoms with E-state index in [0.29, 0.717) is 11.4 Å². The highest BCUT2D eigenvalue weighted by Gasteiger charge is 2.14. The Morgan fingerprint density at radius 2 is 1.89 bits per heavy atom. The van der Waals surface area contributed by atoms with Crippen molar-refractivity contribution in [3.63, 3.8) is 0 Å². The summed E-state index contributed by atoms with van der Waals surface area (Å²) in [6.07, 6.45) is 0. The number of anilines is 2. The summed E-state index contributed by atoms with van der Waals surface area (Å²) in [7, 11) is 0. The van der Waals surface area contributed by atoms with E-state index in [1.54, 1.807) is 0 Å². The fourth-order valence-corrected chi connectivity index (χ4v) is 1.99. The van der Waals surface area contributed by atoms with Gasteiger partial charge in [-0.2, -0.15) is 5.10 Å². The highest BCUT2D eigenvalue weighted by Crippen LogP contribution is 2.29. The topological polar surface area (TPSA) is 83.8 Å². The Balaban J connectivity index is 2.28. The van der Waals surface area contributed by atoms with Crippen molar-refractivity contribution in [2.75, 3.05) is 11.1 Å². The minimum absolute atomic E-state index is 0.243. The quantitative estimate of drug-likeness (QED) is 0.745. The van der Waals surface area contributed by atoms with E-state index < -0.39 is 0 Å². The number of halogens is 2. The number of H-pyrrole nitrogens is 1. The van der Waals surface area contributed by atoms with Gasteiger partial charge in [-0.15, -0.1) is 0 Å². The van der Waals surface area contributed by atoms with Gasteiger partial charge in [0.15, 0.2) is 5.82 Å². The molecule has 0 radical (unpaired) electrons. The summed E-state index contributed by atoms with van der Waals surface area (Å²) >= 11 is 11.8. The van der Waals surface area contributed by atoms with Gasteiger partial charge in [0, 0.05) is 16.8 Å². The van der Waals surface area contributed by atoms with Gasteiger partial charge in [0.1, 0.15) is 0 Å². The number of amides is 1. The first-order valence-electron chi connectivity index (χ1n) is 5.47. The zero-order chi connectivity index (χ0) is 14.2. The van der Waals surface area contributed by atoms with Crippen LogP contribution in [0.15, 0.2) is 12.1 Å². The van der Waals surface area contributed by atoms with Gasteiger partial charge < -0.3 is 11.1 Å². The molecule has 0 aliphatic carbocycles. The maximum absolute atomic E-state index is 12.1. The zero-order valence-electron chi connectivity index (χ0n) is 10.3. The second-order valence-corrected chi connectivity index (χ2v) is 4.94. The monoisotopic (exact) mass is 298 g/mol. The van der Waals surface area contributed by atoms with Gasteiger partial charge in [-0.1, -0.05) is 23.2 Å². The minimum Gasteiger partial charge on any atom is -0.396 e. The van der Waals surface area contributed by atoms with E-state index >= 15 is 0 Å². The van der Waals surface area contributed by atoms with E-state index in [0.717, 1.165) is 11.3 Å². The van der Waals surface area contributed by atoms with Crippen LogP contribution in [0.1, 0.15) is 21.6 Å². The Hall–Kier alpha value is -1.72. The van der Waals surface area contributed by atoms with Crippen LogP contribution in [0.5, 0.6) is 0 Å². The Morgan fingerprint density at radius 3 is 2.37 bits per heavy atom. The summed E-state index contributed by atoms with van der Waals surface area (Å²) in [6.45, 7) is 3.73. The van der Waals surface area contributed by atoms with Crippen LogP contribution in [0.2, 0.25) is 10.0 Å². The molecule has 0 unspecified atom stereocenters. The average Bonchev–Trinajstić information content (AvgIpc) is 2.67. The fourth-order valence-electron chi connectivity index (χ4n) is 1.50. The fraction of sp³-hybridized carbons (Fsp3) is 0.167. The molecule has 0 saturated heterocycles. The van der Waals surface area contributed by atoms with Crippen molar-refractivity contribution in [3.8, 4) is 0 Å². The van der Waals surface area contributed by atoms with Crippen LogP contribution in [0.3, 0.4) is 0 Å². The molecular formula is C12H12Cl2N4O. The normalized spacial score (nSPS) is 10.5. The number of nitrogens with one attached hydrogen (secondary N) is 2. The maximum Gasteiger partial charge on any atom is 0.256 e. The molecular weight excluding hydrogens is 287 g/mol. The van der Waals surface area contributed by atoms with Crippen LogP contribution in [0.4, 0.5) is 11.5 Å². The van der Waals surface area contributed by atoms with Crippen molar-refractivity contribution in [1.29, 1.82) is 0 Å². The number of hydrogen-bond acceptors (Lipinski definition) is 3. The molecule has 4 N–H and O–H groups in total. The number of aromatic nitrogens is 2. The smallest absolute Gasteiger partial charge is 0.256 e. The molecule has 1 aromatic carbocycles. The number of nitrogens with two attached hydrogens (primary N) is 1. The molecule has 0 aliphatic heterocycles. The van der Waals surface area contributed by atoms with E-state index in [1.165, 1.54) is 12.1 Å². The third kappa shape index (κ3) is 2.67. The Morgan fingerprint density at radius 1 is 1.32 bits per heavy atom. The summed E-state index contributed by atoms with van der Waals surface area (Å²) in [6, 6.07) is 2.93. The molecule has 1 amide bonds. The lowest BCUT2D eigenvalue weighted by Crippen LogP contribution is -2.13. The molecule has 0 aliphatic rings. The lowest BCUT2D eigenvalue weighted by molar-refractivity contribution is 0.102. The molecule has 1 heterocycles. The minimum atomic E-state index is -0.349. The number of benzene rings is 1. The molecule has 0 spiro atoms. The second-order valence-electron chi connectivity index (χ2n) is 4.13. The largest absolute Gasteiger partial charge is 0.396 e. The molecule has 7 heteroatoms. The molecule has 0 bridgehead atoms. The van der Waals surface area contributed by atoms with Crippen LogP contribution in [-0.4, -0.2) is 16.1 Å². The van der Waals surface area contributed by atoms with E-state index in [9.17, 15) is 4.79 Å². The third-order valence-corrected chi connectivity index (χ3v) is 3.45. The van der Waals surface area contributed by atoms with E-state index in [1.807, 2.05) is 13.8 Å². The number of rotatable bonds is 2. The number of aryl methyl sites for hydroxylation is 1. The van der Waals surface area contributed by atoms with E-state index in [-0.39, 0.29) is 21.6 Å². The van der Waals surface area contributed by atoms with Crippen molar-refractivity contribution >= 4 is 40.6 Å². The van der Waals surface area contributed by atoms with Crippen molar-refractivity contribution in [1.82, 2.24) is 10.2 Å². The lowest BCUT2D eigenvalue weighted by atomic mass is 10.2. The molecule has 2 rings (SSSR count). The van der Waals surface area contributed by atoms with Gasteiger partial charge >= 0.3 is 0 Å². The van der Waals surface area contributed by atoms with E-state index in [4.69, 9.17) is 28.9 Å². The van der Waals surface area contributed by atoms with Gasteiger partial charge in [-0.05, 0) is 26.0 Å². The van der Waals surface area contributed by atoms with Crippen LogP contribution in [0, 0.1) is 13.8 Å². The number of aromatic amines is 1. The molecule has 100 valence electrons. The highest BCUT2D eigenvalue weighted by molar-refractivity contribution is 6.39. The molecule has 2 aromatic rings. The Kier molecular flexibility index (Phi) is 3.68. The van der Waals surface area contributed by atoms with Crippen LogP contribution in [-0.2, 0) is 0 Å². The van der Waals surface area contributed by atoms with Crippen LogP contribution >= 0.6 is 23.2 Å². The van der Waals surface area contributed by atoms with Crippen LogP contribution in [0.25, 0.3) is 0 Å². The standard InChI is InChI=1S/C12H12Cl2N4O/c1-5-6(2)17-18-11(5)16-12(19)7-3-8(13)10(15)9(14)4-7/h3-4H,15H2,1-2H3,(H2,16,17,18,19). The Labute approximate surface area is 120 Å². The number of carbonyl (C=O) groups excluding carboxylic acids is 1. The highest BCUT2D eigenvalue weighted by atomic mass is 35.5. The molecule has 0 fully saturated rings.